The molecule has 1 aliphatic heterocycles. The van der Waals surface area contributed by atoms with Crippen LogP contribution in [0.5, 0.6) is 0 Å². The Morgan fingerprint density at radius 2 is 1.06 bits per heavy atom. The second-order valence-electron chi connectivity index (χ2n) is 8.44. The summed E-state index contributed by atoms with van der Waals surface area (Å²) in [4.78, 5) is 13.9. The summed E-state index contributed by atoms with van der Waals surface area (Å²) in [5, 5.41) is 8.31. The minimum Gasteiger partial charge on any atom is -0.338 e. The van der Waals surface area contributed by atoms with Gasteiger partial charge in [0.25, 0.3) is 0 Å². The summed E-state index contributed by atoms with van der Waals surface area (Å²) in [5.41, 5.74) is 2.37. The van der Waals surface area contributed by atoms with Crippen LogP contribution in [0.3, 0.4) is 0 Å². The highest BCUT2D eigenvalue weighted by atomic mass is 16.5. The number of rotatable bonds is 8. The number of benzene rings is 2. The van der Waals surface area contributed by atoms with Gasteiger partial charge >= 0.3 is 0 Å². The minimum atomic E-state index is 0.678. The molecule has 0 aliphatic carbocycles. The Bertz CT molecular complexity index is 1040. The molecule has 2 aromatic heterocycles. The molecule has 0 saturated carbocycles. The van der Waals surface area contributed by atoms with E-state index in [1.807, 2.05) is 36.4 Å². The standard InChI is InChI=1S/C25H28N6O2/c1-3-8-20(9-4-1)16-22-26-24(32-28-22)18-30-12-7-13-31(15-14-30)19-25-27-23(29-33-25)17-21-10-5-2-6-11-21/h1-6,8-11H,7,12-19H2. The van der Waals surface area contributed by atoms with Gasteiger partial charge in [-0.05, 0) is 30.6 Å². The molecule has 5 rings (SSSR count). The number of hydrogen-bond acceptors (Lipinski definition) is 8. The van der Waals surface area contributed by atoms with Gasteiger partial charge in [-0.2, -0.15) is 9.97 Å². The van der Waals surface area contributed by atoms with E-state index in [0.717, 1.165) is 44.2 Å². The lowest BCUT2D eigenvalue weighted by molar-refractivity contribution is 0.209. The third kappa shape index (κ3) is 6.12. The fourth-order valence-corrected chi connectivity index (χ4v) is 4.13. The molecular weight excluding hydrogens is 416 g/mol. The highest BCUT2D eigenvalue weighted by Gasteiger charge is 2.19. The molecule has 8 nitrogen and oxygen atoms in total. The van der Waals surface area contributed by atoms with Crippen LogP contribution >= 0.6 is 0 Å². The Hall–Kier alpha value is -3.36. The lowest BCUT2D eigenvalue weighted by atomic mass is 10.1. The predicted molar refractivity (Wildman–Crippen MR) is 122 cm³/mol. The SMILES string of the molecule is c1ccc(Cc2noc(CN3CCCN(Cc4nc(Cc5ccccc5)no4)CC3)n2)cc1. The normalized spacial score (nSPS) is 15.5. The largest absolute Gasteiger partial charge is 0.338 e. The highest BCUT2D eigenvalue weighted by Crippen LogP contribution is 2.13. The molecule has 0 atom stereocenters. The first kappa shape index (κ1) is 21.5. The van der Waals surface area contributed by atoms with E-state index < -0.39 is 0 Å². The molecule has 0 radical (unpaired) electrons. The molecule has 0 spiro atoms. The van der Waals surface area contributed by atoms with Crippen molar-refractivity contribution in [3.63, 3.8) is 0 Å². The van der Waals surface area contributed by atoms with Gasteiger partial charge in [0.1, 0.15) is 0 Å². The summed E-state index contributed by atoms with van der Waals surface area (Å²) in [6.45, 7) is 5.21. The first-order chi connectivity index (χ1) is 16.3. The van der Waals surface area contributed by atoms with Gasteiger partial charge < -0.3 is 9.05 Å². The average molecular weight is 445 g/mol. The van der Waals surface area contributed by atoms with Crippen LogP contribution in [-0.4, -0.2) is 56.3 Å². The molecule has 3 heterocycles. The van der Waals surface area contributed by atoms with Gasteiger partial charge in [0.15, 0.2) is 11.6 Å². The smallest absolute Gasteiger partial charge is 0.240 e. The van der Waals surface area contributed by atoms with E-state index in [9.17, 15) is 0 Å². The Morgan fingerprint density at radius 1 is 0.606 bits per heavy atom. The predicted octanol–water partition coefficient (Wildman–Crippen LogP) is 3.34. The van der Waals surface area contributed by atoms with Crippen molar-refractivity contribution >= 4 is 0 Å². The first-order valence-electron chi connectivity index (χ1n) is 11.5. The zero-order chi connectivity index (χ0) is 22.3. The van der Waals surface area contributed by atoms with Crippen molar-refractivity contribution in [1.82, 2.24) is 30.1 Å². The Balaban J connectivity index is 1.10. The first-order valence-corrected chi connectivity index (χ1v) is 11.5. The van der Waals surface area contributed by atoms with Gasteiger partial charge in [0.05, 0.1) is 13.1 Å². The maximum Gasteiger partial charge on any atom is 0.240 e. The zero-order valence-corrected chi connectivity index (χ0v) is 18.6. The van der Waals surface area contributed by atoms with Crippen molar-refractivity contribution in [1.29, 1.82) is 0 Å². The number of hydrogen-bond donors (Lipinski definition) is 0. The lowest BCUT2D eigenvalue weighted by Crippen LogP contribution is -2.30. The summed E-state index contributed by atoms with van der Waals surface area (Å²) in [7, 11) is 0. The maximum atomic E-state index is 5.50. The fraction of sp³-hybridized carbons (Fsp3) is 0.360. The van der Waals surface area contributed by atoms with E-state index in [-0.39, 0.29) is 0 Å². The molecule has 8 heteroatoms. The van der Waals surface area contributed by atoms with Crippen LogP contribution < -0.4 is 0 Å². The molecule has 1 aliphatic rings. The van der Waals surface area contributed by atoms with Crippen LogP contribution in [0.2, 0.25) is 0 Å². The lowest BCUT2D eigenvalue weighted by Gasteiger charge is -2.19. The maximum absolute atomic E-state index is 5.50. The van der Waals surface area contributed by atoms with Gasteiger partial charge in [0, 0.05) is 25.9 Å². The Morgan fingerprint density at radius 3 is 1.52 bits per heavy atom. The van der Waals surface area contributed by atoms with E-state index in [1.165, 1.54) is 11.1 Å². The summed E-state index contributed by atoms with van der Waals surface area (Å²) < 4.78 is 11.0. The van der Waals surface area contributed by atoms with E-state index >= 15 is 0 Å². The van der Waals surface area contributed by atoms with Gasteiger partial charge in [-0.25, -0.2) is 0 Å². The van der Waals surface area contributed by atoms with Gasteiger partial charge in [-0.1, -0.05) is 71.0 Å². The van der Waals surface area contributed by atoms with Crippen LogP contribution in [0.4, 0.5) is 0 Å². The third-order valence-corrected chi connectivity index (χ3v) is 5.83. The zero-order valence-electron chi connectivity index (χ0n) is 18.6. The van der Waals surface area contributed by atoms with Crippen molar-refractivity contribution in [3.8, 4) is 0 Å². The second-order valence-corrected chi connectivity index (χ2v) is 8.44. The van der Waals surface area contributed by atoms with Crippen molar-refractivity contribution in [2.45, 2.75) is 32.4 Å². The topological polar surface area (TPSA) is 84.3 Å². The Kier molecular flexibility index (Phi) is 6.84. The molecule has 1 saturated heterocycles. The van der Waals surface area contributed by atoms with Crippen LogP contribution in [0.25, 0.3) is 0 Å². The van der Waals surface area contributed by atoms with Crippen LogP contribution in [0.15, 0.2) is 69.7 Å². The van der Waals surface area contributed by atoms with Gasteiger partial charge in [-0.15, -0.1) is 0 Å². The summed E-state index contributed by atoms with van der Waals surface area (Å²) in [6, 6.07) is 20.4. The molecule has 0 bridgehead atoms. The van der Waals surface area contributed by atoms with E-state index in [2.05, 4.69) is 54.3 Å². The monoisotopic (exact) mass is 444 g/mol. The molecule has 0 N–H and O–H groups in total. The molecule has 1 fully saturated rings. The van der Waals surface area contributed by atoms with Crippen LogP contribution in [0, 0.1) is 0 Å². The molecular formula is C25H28N6O2. The third-order valence-electron chi connectivity index (χ3n) is 5.83. The van der Waals surface area contributed by atoms with Crippen LogP contribution in [0.1, 0.15) is 41.0 Å². The number of aromatic nitrogens is 4. The second kappa shape index (κ2) is 10.5. The number of nitrogens with zero attached hydrogens (tertiary/aromatic N) is 6. The Labute approximate surface area is 193 Å². The molecule has 0 amide bonds. The van der Waals surface area contributed by atoms with Crippen molar-refractivity contribution < 1.29 is 9.05 Å². The molecule has 0 unspecified atom stereocenters. The van der Waals surface area contributed by atoms with Crippen molar-refractivity contribution in [2.75, 3.05) is 26.2 Å². The molecule has 4 aromatic rings. The quantitative estimate of drug-likeness (QED) is 0.409. The fourth-order valence-electron chi connectivity index (χ4n) is 4.13. The highest BCUT2D eigenvalue weighted by molar-refractivity contribution is 5.19. The van der Waals surface area contributed by atoms with E-state index in [1.54, 1.807) is 0 Å². The van der Waals surface area contributed by atoms with Gasteiger partial charge in [0.2, 0.25) is 11.8 Å². The van der Waals surface area contributed by atoms with E-state index in [4.69, 9.17) is 9.05 Å². The average Bonchev–Trinajstić information content (AvgIpc) is 3.40. The van der Waals surface area contributed by atoms with Crippen molar-refractivity contribution in [2.24, 2.45) is 0 Å². The molecule has 2 aromatic carbocycles. The molecule has 33 heavy (non-hydrogen) atoms. The molecule has 170 valence electrons. The summed E-state index contributed by atoms with van der Waals surface area (Å²) in [5.74, 6) is 2.82. The van der Waals surface area contributed by atoms with E-state index in [0.29, 0.717) is 37.7 Å². The summed E-state index contributed by atoms with van der Waals surface area (Å²) in [6.07, 6.45) is 2.44. The van der Waals surface area contributed by atoms with Gasteiger partial charge in [-0.3, -0.25) is 9.80 Å². The van der Waals surface area contributed by atoms with Crippen LogP contribution in [-0.2, 0) is 25.9 Å². The minimum absolute atomic E-state index is 0.678. The summed E-state index contributed by atoms with van der Waals surface area (Å²) >= 11 is 0. The van der Waals surface area contributed by atoms with Crippen molar-refractivity contribution in [3.05, 3.63) is 95.2 Å².